The maximum absolute atomic E-state index is 11.8. The summed E-state index contributed by atoms with van der Waals surface area (Å²) in [4.78, 5) is 22.4. The molecule has 110 valence electrons. The standard InChI is InChI=1S/C14H19ClN2O3/c1-9-5-6-11(15)12(8-9)20-10(2)14(19)17-7-3-4-13(16)18/h5-6,8,10H,3-4,7H2,1-2H3,(H2,16,18)(H,17,19)/t10-/m0/s1. The van der Waals surface area contributed by atoms with Gasteiger partial charge in [-0.3, -0.25) is 9.59 Å². The topological polar surface area (TPSA) is 81.4 Å². The Morgan fingerprint density at radius 3 is 2.80 bits per heavy atom. The first kappa shape index (κ1) is 16.3. The highest BCUT2D eigenvalue weighted by atomic mass is 35.5. The Kier molecular flexibility index (Phi) is 6.31. The molecule has 0 fully saturated rings. The number of nitrogens with one attached hydrogen (secondary N) is 1. The second kappa shape index (κ2) is 7.75. The summed E-state index contributed by atoms with van der Waals surface area (Å²) in [7, 11) is 0. The van der Waals surface area contributed by atoms with Gasteiger partial charge in [-0.05, 0) is 38.0 Å². The van der Waals surface area contributed by atoms with Crippen LogP contribution in [0.3, 0.4) is 0 Å². The molecule has 1 atom stereocenters. The molecular weight excluding hydrogens is 280 g/mol. The van der Waals surface area contributed by atoms with Crippen LogP contribution in [0.5, 0.6) is 5.75 Å². The molecule has 0 heterocycles. The van der Waals surface area contributed by atoms with Crippen molar-refractivity contribution >= 4 is 23.4 Å². The number of carbonyl (C=O) groups is 2. The van der Waals surface area contributed by atoms with E-state index in [9.17, 15) is 9.59 Å². The van der Waals surface area contributed by atoms with Crippen molar-refractivity contribution in [3.63, 3.8) is 0 Å². The fourth-order valence-electron chi connectivity index (χ4n) is 1.56. The summed E-state index contributed by atoms with van der Waals surface area (Å²) in [5.41, 5.74) is 6.01. The molecule has 3 N–H and O–H groups in total. The zero-order valence-corrected chi connectivity index (χ0v) is 12.4. The minimum Gasteiger partial charge on any atom is -0.479 e. The molecule has 0 aromatic heterocycles. The molecule has 1 aromatic carbocycles. The van der Waals surface area contributed by atoms with Gasteiger partial charge in [0.05, 0.1) is 5.02 Å². The zero-order chi connectivity index (χ0) is 15.1. The molecule has 0 unspecified atom stereocenters. The van der Waals surface area contributed by atoms with Gasteiger partial charge in [0.2, 0.25) is 5.91 Å². The highest BCUT2D eigenvalue weighted by Gasteiger charge is 2.15. The maximum atomic E-state index is 11.8. The minimum atomic E-state index is -0.664. The fraction of sp³-hybridized carbons (Fsp3) is 0.429. The highest BCUT2D eigenvalue weighted by Crippen LogP contribution is 2.26. The van der Waals surface area contributed by atoms with E-state index in [1.807, 2.05) is 13.0 Å². The predicted octanol–water partition coefficient (Wildman–Crippen LogP) is 1.80. The zero-order valence-electron chi connectivity index (χ0n) is 11.6. The van der Waals surface area contributed by atoms with Gasteiger partial charge in [-0.15, -0.1) is 0 Å². The van der Waals surface area contributed by atoms with Crippen molar-refractivity contribution < 1.29 is 14.3 Å². The number of rotatable bonds is 7. The van der Waals surface area contributed by atoms with Crippen molar-refractivity contribution in [2.75, 3.05) is 6.54 Å². The van der Waals surface area contributed by atoms with Gasteiger partial charge in [-0.2, -0.15) is 0 Å². The SMILES string of the molecule is Cc1ccc(Cl)c(O[C@@H](C)C(=O)NCCCC(N)=O)c1. The van der Waals surface area contributed by atoms with Crippen LogP contribution in [0.4, 0.5) is 0 Å². The first-order chi connectivity index (χ1) is 9.40. The molecule has 2 amide bonds. The molecule has 20 heavy (non-hydrogen) atoms. The Balaban J connectivity index is 2.45. The quantitative estimate of drug-likeness (QED) is 0.753. The molecule has 0 aliphatic carbocycles. The number of halogens is 1. The van der Waals surface area contributed by atoms with Crippen LogP contribution in [0.1, 0.15) is 25.3 Å². The monoisotopic (exact) mass is 298 g/mol. The Morgan fingerprint density at radius 2 is 2.15 bits per heavy atom. The van der Waals surface area contributed by atoms with Gasteiger partial charge in [0.25, 0.3) is 5.91 Å². The minimum absolute atomic E-state index is 0.249. The average Bonchev–Trinajstić information content (AvgIpc) is 2.38. The van der Waals surface area contributed by atoms with Crippen molar-refractivity contribution in [3.8, 4) is 5.75 Å². The number of hydrogen-bond acceptors (Lipinski definition) is 3. The first-order valence-corrected chi connectivity index (χ1v) is 6.76. The van der Waals surface area contributed by atoms with E-state index in [0.717, 1.165) is 5.56 Å². The number of primary amides is 1. The van der Waals surface area contributed by atoms with E-state index in [2.05, 4.69) is 5.32 Å². The molecule has 0 spiro atoms. The summed E-state index contributed by atoms with van der Waals surface area (Å²) in [6.45, 7) is 3.94. The van der Waals surface area contributed by atoms with Crippen molar-refractivity contribution in [1.82, 2.24) is 5.32 Å². The first-order valence-electron chi connectivity index (χ1n) is 6.39. The molecule has 0 radical (unpaired) electrons. The van der Waals surface area contributed by atoms with Crippen molar-refractivity contribution in [1.29, 1.82) is 0 Å². The van der Waals surface area contributed by atoms with Gasteiger partial charge < -0.3 is 15.8 Å². The third-order valence-electron chi connectivity index (χ3n) is 2.66. The molecule has 0 aliphatic rings. The van der Waals surface area contributed by atoms with Crippen molar-refractivity contribution in [2.45, 2.75) is 32.8 Å². The van der Waals surface area contributed by atoms with Crippen LogP contribution < -0.4 is 15.8 Å². The van der Waals surface area contributed by atoms with Gasteiger partial charge in [-0.1, -0.05) is 17.7 Å². The van der Waals surface area contributed by atoms with Crippen LogP contribution in [0.15, 0.2) is 18.2 Å². The Labute approximate surface area is 123 Å². The average molecular weight is 299 g/mol. The smallest absolute Gasteiger partial charge is 0.260 e. The molecule has 1 rings (SSSR count). The van der Waals surface area contributed by atoms with Crippen LogP contribution in [0.2, 0.25) is 5.02 Å². The van der Waals surface area contributed by atoms with Crippen LogP contribution in [0, 0.1) is 6.92 Å². The number of nitrogens with two attached hydrogens (primary N) is 1. The highest BCUT2D eigenvalue weighted by molar-refractivity contribution is 6.32. The molecular formula is C14H19ClN2O3. The normalized spacial score (nSPS) is 11.8. The summed E-state index contributed by atoms with van der Waals surface area (Å²) in [6.07, 6.45) is 0.0981. The second-order valence-electron chi connectivity index (χ2n) is 4.55. The molecule has 0 aliphatic heterocycles. The van der Waals surface area contributed by atoms with Gasteiger partial charge >= 0.3 is 0 Å². The summed E-state index contributed by atoms with van der Waals surface area (Å²) < 4.78 is 5.53. The maximum Gasteiger partial charge on any atom is 0.260 e. The van der Waals surface area contributed by atoms with Gasteiger partial charge in [0.1, 0.15) is 5.75 Å². The van der Waals surface area contributed by atoms with Crippen LogP contribution in [-0.4, -0.2) is 24.5 Å². The van der Waals surface area contributed by atoms with Crippen LogP contribution in [-0.2, 0) is 9.59 Å². The number of amides is 2. The van der Waals surface area contributed by atoms with E-state index in [4.69, 9.17) is 22.1 Å². The number of benzene rings is 1. The lowest BCUT2D eigenvalue weighted by atomic mass is 10.2. The van der Waals surface area contributed by atoms with Gasteiger partial charge in [-0.25, -0.2) is 0 Å². The molecule has 0 saturated carbocycles. The molecule has 0 saturated heterocycles. The van der Waals surface area contributed by atoms with E-state index in [1.165, 1.54) is 0 Å². The Morgan fingerprint density at radius 1 is 1.45 bits per heavy atom. The van der Waals surface area contributed by atoms with E-state index < -0.39 is 6.10 Å². The lowest BCUT2D eigenvalue weighted by Crippen LogP contribution is -2.37. The van der Waals surface area contributed by atoms with E-state index in [-0.39, 0.29) is 18.2 Å². The van der Waals surface area contributed by atoms with E-state index in [1.54, 1.807) is 19.1 Å². The van der Waals surface area contributed by atoms with Crippen LogP contribution in [0.25, 0.3) is 0 Å². The van der Waals surface area contributed by atoms with Gasteiger partial charge in [0.15, 0.2) is 6.10 Å². The molecule has 1 aromatic rings. The Hall–Kier alpha value is -1.75. The predicted molar refractivity (Wildman–Crippen MR) is 77.7 cm³/mol. The van der Waals surface area contributed by atoms with E-state index >= 15 is 0 Å². The fourth-order valence-corrected chi connectivity index (χ4v) is 1.72. The largest absolute Gasteiger partial charge is 0.479 e. The number of carbonyl (C=O) groups excluding carboxylic acids is 2. The van der Waals surface area contributed by atoms with E-state index in [0.29, 0.717) is 23.7 Å². The number of ether oxygens (including phenoxy) is 1. The third-order valence-corrected chi connectivity index (χ3v) is 2.97. The Bertz CT molecular complexity index is 491. The summed E-state index contributed by atoms with van der Waals surface area (Å²) >= 11 is 6.00. The molecule has 6 heteroatoms. The van der Waals surface area contributed by atoms with Crippen molar-refractivity contribution in [2.24, 2.45) is 5.73 Å². The summed E-state index contributed by atoms with van der Waals surface area (Å²) in [5, 5.41) is 3.14. The van der Waals surface area contributed by atoms with Crippen molar-refractivity contribution in [3.05, 3.63) is 28.8 Å². The molecule has 5 nitrogen and oxygen atoms in total. The number of hydrogen-bond donors (Lipinski definition) is 2. The van der Waals surface area contributed by atoms with Crippen LogP contribution >= 0.6 is 11.6 Å². The second-order valence-corrected chi connectivity index (χ2v) is 4.96. The lowest BCUT2D eigenvalue weighted by molar-refractivity contribution is -0.127. The lowest BCUT2D eigenvalue weighted by Gasteiger charge is -2.16. The summed E-state index contributed by atoms with van der Waals surface area (Å²) in [5.74, 6) is -0.159. The molecule has 0 bridgehead atoms. The summed E-state index contributed by atoms with van der Waals surface area (Å²) in [6, 6.07) is 5.37. The third kappa shape index (κ3) is 5.48. The van der Waals surface area contributed by atoms with Gasteiger partial charge in [0, 0.05) is 13.0 Å². The number of aryl methyl sites for hydroxylation is 1.